The molecule has 1 aromatic heterocycles. The van der Waals surface area contributed by atoms with E-state index in [1.165, 1.54) is 12.1 Å². The highest BCUT2D eigenvalue weighted by Crippen LogP contribution is 2.26. The Kier molecular flexibility index (Phi) is 6.80. The molecule has 0 saturated carbocycles. The third-order valence-corrected chi connectivity index (χ3v) is 4.64. The maximum absolute atomic E-state index is 12.1. The average molecular weight is 406 g/mol. The van der Waals surface area contributed by atoms with Crippen molar-refractivity contribution in [3.05, 3.63) is 24.3 Å². The number of rotatable bonds is 7. The second-order valence-electron chi connectivity index (χ2n) is 4.68. The number of carbonyl (C=O) groups excluding carboxylic acids is 2. The van der Waals surface area contributed by atoms with Gasteiger partial charge >= 0.3 is 6.36 Å². The predicted molar refractivity (Wildman–Crippen MR) is 91.3 cm³/mol. The molecule has 7 nitrogen and oxygen atoms in total. The van der Waals surface area contributed by atoms with Crippen LogP contribution in [-0.4, -0.2) is 34.1 Å². The number of nitrogens with zero attached hydrogens (tertiary/aromatic N) is 2. The normalized spacial score (nSPS) is 11.1. The fourth-order valence-electron chi connectivity index (χ4n) is 1.59. The maximum atomic E-state index is 12.1. The van der Waals surface area contributed by atoms with Gasteiger partial charge in [0.05, 0.1) is 5.75 Å². The van der Waals surface area contributed by atoms with Crippen LogP contribution in [0.5, 0.6) is 5.75 Å². The quantitative estimate of drug-likeness (QED) is 0.540. The second-order valence-corrected chi connectivity index (χ2v) is 6.88. The lowest BCUT2D eigenvalue weighted by molar-refractivity contribution is -0.274. The number of alkyl halides is 3. The molecule has 0 aliphatic carbocycles. The summed E-state index contributed by atoms with van der Waals surface area (Å²) in [4.78, 5) is 23.1. The van der Waals surface area contributed by atoms with Gasteiger partial charge in [-0.25, -0.2) is 0 Å². The maximum Gasteiger partial charge on any atom is 0.573 e. The predicted octanol–water partition coefficient (Wildman–Crippen LogP) is 3.52. The first kappa shape index (κ1) is 20.0. The van der Waals surface area contributed by atoms with Crippen molar-refractivity contribution in [1.82, 2.24) is 10.2 Å². The average Bonchev–Trinajstić information content (AvgIpc) is 3.01. The van der Waals surface area contributed by atoms with Crippen LogP contribution in [0.4, 0.5) is 24.0 Å². The molecule has 140 valence electrons. The number of nitrogens with one attached hydrogen (secondary N) is 2. The van der Waals surface area contributed by atoms with E-state index in [4.69, 9.17) is 0 Å². The highest BCUT2D eigenvalue weighted by Gasteiger charge is 2.30. The van der Waals surface area contributed by atoms with Gasteiger partial charge in [-0.15, -0.1) is 23.4 Å². The van der Waals surface area contributed by atoms with Crippen LogP contribution >= 0.6 is 23.1 Å². The second kappa shape index (κ2) is 8.85. The molecule has 2 amide bonds. The Morgan fingerprint density at radius 1 is 1.15 bits per heavy atom. The van der Waals surface area contributed by atoms with Gasteiger partial charge in [0, 0.05) is 12.1 Å². The molecule has 0 aliphatic rings. The molecular weight excluding hydrogens is 393 g/mol. The fourth-order valence-corrected chi connectivity index (χ4v) is 3.16. The molecule has 0 atom stereocenters. The molecule has 0 unspecified atom stereocenters. The molecule has 0 radical (unpaired) electrons. The van der Waals surface area contributed by atoms with E-state index in [0.29, 0.717) is 21.6 Å². The van der Waals surface area contributed by atoms with E-state index < -0.39 is 6.36 Å². The van der Waals surface area contributed by atoms with E-state index in [9.17, 15) is 22.8 Å². The van der Waals surface area contributed by atoms with Crippen molar-refractivity contribution in [3.8, 4) is 5.75 Å². The Bertz CT molecular complexity index is 766. The zero-order valence-corrected chi connectivity index (χ0v) is 14.9. The largest absolute Gasteiger partial charge is 0.573 e. The van der Waals surface area contributed by atoms with Gasteiger partial charge in [0.15, 0.2) is 4.34 Å². The van der Waals surface area contributed by atoms with Crippen molar-refractivity contribution in [2.75, 3.05) is 16.4 Å². The van der Waals surface area contributed by atoms with Crippen LogP contribution in [0.15, 0.2) is 28.6 Å². The van der Waals surface area contributed by atoms with Crippen LogP contribution in [0.3, 0.4) is 0 Å². The topological polar surface area (TPSA) is 93.2 Å². The van der Waals surface area contributed by atoms with E-state index >= 15 is 0 Å². The molecule has 0 fully saturated rings. The van der Waals surface area contributed by atoms with Crippen LogP contribution in [0, 0.1) is 0 Å². The number of anilines is 2. The molecule has 1 aromatic carbocycles. The number of ether oxygens (including phenoxy) is 1. The Balaban J connectivity index is 1.81. The Morgan fingerprint density at radius 3 is 2.46 bits per heavy atom. The summed E-state index contributed by atoms with van der Waals surface area (Å²) >= 11 is 2.26. The molecule has 2 N–H and O–H groups in total. The summed E-state index contributed by atoms with van der Waals surface area (Å²) in [5.74, 6) is -0.903. The standard InChI is InChI=1S/C14H13F3N4O3S2/c1-2-10(22)19-12-20-21-13(26-12)25-7-11(23)18-8-3-5-9(6-4-8)24-14(15,16)17/h3-6H,2,7H2,1H3,(H,18,23)(H,19,20,22). The van der Waals surface area contributed by atoms with Crippen molar-refractivity contribution in [3.63, 3.8) is 0 Å². The molecule has 0 saturated heterocycles. The molecular formula is C14H13F3N4O3S2. The van der Waals surface area contributed by atoms with Crippen molar-refractivity contribution >= 4 is 45.7 Å². The first-order chi connectivity index (χ1) is 12.2. The minimum absolute atomic E-state index is 0.0250. The monoisotopic (exact) mass is 406 g/mol. The summed E-state index contributed by atoms with van der Waals surface area (Å²) in [6.07, 6.45) is -4.45. The van der Waals surface area contributed by atoms with Crippen LogP contribution < -0.4 is 15.4 Å². The molecule has 0 aliphatic heterocycles. The number of hydrogen-bond acceptors (Lipinski definition) is 7. The lowest BCUT2D eigenvalue weighted by atomic mass is 10.3. The minimum atomic E-state index is -4.77. The molecule has 1 heterocycles. The number of thioether (sulfide) groups is 1. The van der Waals surface area contributed by atoms with Crippen LogP contribution in [0.2, 0.25) is 0 Å². The Morgan fingerprint density at radius 2 is 1.85 bits per heavy atom. The smallest absolute Gasteiger partial charge is 0.406 e. The third-order valence-electron chi connectivity index (χ3n) is 2.67. The third kappa shape index (κ3) is 6.88. The first-order valence-electron chi connectivity index (χ1n) is 7.17. The molecule has 0 spiro atoms. The lowest BCUT2D eigenvalue weighted by Crippen LogP contribution is -2.17. The molecule has 2 aromatic rings. The van der Waals surface area contributed by atoms with Gasteiger partial charge in [-0.3, -0.25) is 9.59 Å². The van der Waals surface area contributed by atoms with E-state index in [-0.39, 0.29) is 23.3 Å². The summed E-state index contributed by atoms with van der Waals surface area (Å²) in [6, 6.07) is 4.80. The number of amides is 2. The zero-order valence-electron chi connectivity index (χ0n) is 13.3. The number of halogens is 3. The summed E-state index contributed by atoms with van der Waals surface area (Å²) in [6.45, 7) is 1.71. The van der Waals surface area contributed by atoms with Crippen molar-refractivity contribution < 1.29 is 27.5 Å². The minimum Gasteiger partial charge on any atom is -0.406 e. The molecule has 12 heteroatoms. The summed E-state index contributed by atoms with van der Waals surface area (Å²) in [5, 5.41) is 13.1. The number of hydrogen-bond donors (Lipinski definition) is 2. The zero-order chi connectivity index (χ0) is 19.2. The van der Waals surface area contributed by atoms with Gasteiger partial charge in [-0.2, -0.15) is 0 Å². The highest BCUT2D eigenvalue weighted by atomic mass is 32.2. The van der Waals surface area contributed by atoms with Gasteiger partial charge in [-0.1, -0.05) is 30.0 Å². The Labute approximate surface area is 154 Å². The number of aromatic nitrogens is 2. The number of benzene rings is 1. The SMILES string of the molecule is CCC(=O)Nc1nnc(SCC(=O)Nc2ccc(OC(F)(F)F)cc2)s1. The van der Waals surface area contributed by atoms with Gasteiger partial charge in [-0.05, 0) is 24.3 Å². The van der Waals surface area contributed by atoms with Crippen molar-refractivity contribution in [1.29, 1.82) is 0 Å². The van der Waals surface area contributed by atoms with Crippen LogP contribution in [0.1, 0.15) is 13.3 Å². The summed E-state index contributed by atoms with van der Waals surface area (Å²) < 4.78 is 40.5. The van der Waals surface area contributed by atoms with Crippen molar-refractivity contribution in [2.24, 2.45) is 0 Å². The van der Waals surface area contributed by atoms with Crippen LogP contribution in [0.25, 0.3) is 0 Å². The first-order valence-corrected chi connectivity index (χ1v) is 8.97. The van der Waals surface area contributed by atoms with Gasteiger partial charge in [0.2, 0.25) is 16.9 Å². The van der Waals surface area contributed by atoms with Crippen LogP contribution in [-0.2, 0) is 9.59 Å². The molecule has 2 rings (SSSR count). The van der Waals surface area contributed by atoms with E-state index in [1.54, 1.807) is 6.92 Å². The Hall–Kier alpha value is -2.34. The fraction of sp³-hybridized carbons (Fsp3) is 0.286. The van der Waals surface area contributed by atoms with E-state index in [0.717, 1.165) is 35.2 Å². The summed E-state index contributed by atoms with van der Waals surface area (Å²) in [5.41, 5.74) is 0.332. The highest BCUT2D eigenvalue weighted by molar-refractivity contribution is 8.01. The molecule has 0 bridgehead atoms. The molecule has 26 heavy (non-hydrogen) atoms. The van der Waals surface area contributed by atoms with Gasteiger partial charge in [0.25, 0.3) is 0 Å². The van der Waals surface area contributed by atoms with Gasteiger partial charge in [0.1, 0.15) is 5.75 Å². The van der Waals surface area contributed by atoms with Crippen molar-refractivity contribution in [2.45, 2.75) is 24.0 Å². The van der Waals surface area contributed by atoms with E-state index in [2.05, 4.69) is 25.6 Å². The van der Waals surface area contributed by atoms with Gasteiger partial charge < -0.3 is 15.4 Å². The summed E-state index contributed by atoms with van der Waals surface area (Å²) in [7, 11) is 0. The number of carbonyl (C=O) groups is 2. The van der Waals surface area contributed by atoms with E-state index in [1.807, 2.05) is 0 Å². The lowest BCUT2D eigenvalue weighted by Gasteiger charge is -2.09.